The molecule has 0 aliphatic heterocycles. The molecule has 0 aliphatic carbocycles. The number of hydrogen-bond donors (Lipinski definition) is 1. The number of aromatic nitrogens is 2. The van der Waals surface area contributed by atoms with E-state index in [1.54, 1.807) is 12.5 Å². The van der Waals surface area contributed by atoms with Crippen LogP contribution in [0, 0.1) is 0 Å². The van der Waals surface area contributed by atoms with Gasteiger partial charge in [0.1, 0.15) is 5.75 Å². The van der Waals surface area contributed by atoms with Crippen molar-refractivity contribution in [3.05, 3.63) is 42.5 Å². The third-order valence-corrected chi connectivity index (χ3v) is 2.79. The lowest BCUT2D eigenvalue weighted by Gasteiger charge is -2.21. The molecule has 0 bridgehead atoms. The van der Waals surface area contributed by atoms with Crippen LogP contribution in [0.4, 0.5) is 0 Å². The molecule has 0 atom stereocenters. The Hall–Kier alpha value is -1.81. The number of nitrogens with zero attached hydrogens (tertiary/aromatic N) is 2. The van der Waals surface area contributed by atoms with E-state index in [-0.39, 0.29) is 6.10 Å². The van der Waals surface area contributed by atoms with Gasteiger partial charge in [0.2, 0.25) is 0 Å². The van der Waals surface area contributed by atoms with Crippen LogP contribution in [0.25, 0.3) is 5.69 Å². The molecule has 1 aromatic carbocycles. The molecule has 4 heteroatoms. The van der Waals surface area contributed by atoms with Crippen LogP contribution in [-0.4, -0.2) is 15.7 Å². The Bertz CT molecular complexity index is 535. The highest BCUT2D eigenvalue weighted by molar-refractivity contribution is 5.39. The van der Waals surface area contributed by atoms with Crippen LogP contribution in [0.1, 0.15) is 33.4 Å². The van der Waals surface area contributed by atoms with Crippen molar-refractivity contribution in [2.75, 3.05) is 0 Å². The summed E-state index contributed by atoms with van der Waals surface area (Å²) in [7, 11) is 0. The Morgan fingerprint density at radius 1 is 1.21 bits per heavy atom. The highest BCUT2D eigenvalue weighted by atomic mass is 16.5. The maximum atomic E-state index is 6.15. The first kappa shape index (κ1) is 13.6. The number of nitrogens with two attached hydrogens (primary N) is 1. The minimum absolute atomic E-state index is 0.178. The van der Waals surface area contributed by atoms with E-state index in [2.05, 4.69) is 4.98 Å². The van der Waals surface area contributed by atoms with Crippen molar-refractivity contribution >= 4 is 0 Å². The van der Waals surface area contributed by atoms with Gasteiger partial charge in [0.15, 0.2) is 0 Å². The summed E-state index contributed by atoms with van der Waals surface area (Å²) in [5.41, 5.74) is 7.73. The van der Waals surface area contributed by atoms with Gasteiger partial charge < -0.3 is 15.0 Å². The van der Waals surface area contributed by atoms with Gasteiger partial charge >= 0.3 is 0 Å². The normalized spacial score (nSPS) is 11.9. The van der Waals surface area contributed by atoms with Crippen molar-refractivity contribution in [2.24, 2.45) is 5.73 Å². The molecule has 2 aromatic rings. The molecule has 1 aromatic heterocycles. The van der Waals surface area contributed by atoms with Gasteiger partial charge in [0.25, 0.3) is 0 Å². The number of imidazole rings is 1. The summed E-state index contributed by atoms with van der Waals surface area (Å²) < 4.78 is 7.63. The van der Waals surface area contributed by atoms with Crippen molar-refractivity contribution in [3.63, 3.8) is 0 Å². The van der Waals surface area contributed by atoms with Gasteiger partial charge in [-0.25, -0.2) is 4.98 Å². The molecule has 0 fully saturated rings. The Morgan fingerprint density at radius 2 is 1.84 bits per heavy atom. The summed E-state index contributed by atoms with van der Waals surface area (Å²) >= 11 is 0. The molecular formula is C15H21N3O. The lowest BCUT2D eigenvalue weighted by Crippen LogP contribution is -2.31. The first-order valence-corrected chi connectivity index (χ1v) is 6.47. The first-order chi connectivity index (χ1) is 8.88. The van der Waals surface area contributed by atoms with E-state index in [0.717, 1.165) is 17.1 Å². The average Bonchev–Trinajstić information content (AvgIpc) is 2.77. The Morgan fingerprint density at radius 3 is 2.37 bits per heavy atom. The van der Waals surface area contributed by atoms with Crippen LogP contribution in [0.5, 0.6) is 5.75 Å². The van der Waals surface area contributed by atoms with Gasteiger partial charge in [-0.15, -0.1) is 0 Å². The molecule has 102 valence electrons. The Kier molecular flexibility index (Phi) is 3.62. The van der Waals surface area contributed by atoms with Gasteiger partial charge in [-0.1, -0.05) is 0 Å². The second kappa shape index (κ2) is 5.05. The molecule has 0 spiro atoms. The van der Waals surface area contributed by atoms with E-state index < -0.39 is 5.54 Å². The van der Waals surface area contributed by atoms with E-state index in [0.29, 0.717) is 0 Å². The standard InChI is InChI=1S/C15H21N3O/c1-11(2)19-13-7-5-12(6-8-13)18-10-17-9-14(18)15(3,4)16/h5-11H,16H2,1-4H3. The summed E-state index contributed by atoms with van der Waals surface area (Å²) in [6.07, 6.45) is 3.76. The molecule has 0 saturated heterocycles. The topological polar surface area (TPSA) is 53.1 Å². The van der Waals surface area contributed by atoms with Crippen LogP contribution in [0.3, 0.4) is 0 Å². The van der Waals surface area contributed by atoms with Gasteiger partial charge in [-0.3, -0.25) is 0 Å². The number of hydrogen-bond acceptors (Lipinski definition) is 3. The fourth-order valence-corrected chi connectivity index (χ4v) is 1.94. The SMILES string of the molecule is CC(C)Oc1ccc(-n2cncc2C(C)(C)N)cc1. The maximum absolute atomic E-state index is 6.15. The quantitative estimate of drug-likeness (QED) is 0.918. The van der Waals surface area contributed by atoms with Crippen molar-refractivity contribution in [3.8, 4) is 11.4 Å². The largest absolute Gasteiger partial charge is 0.491 e. The second-order valence-corrected chi connectivity index (χ2v) is 5.53. The molecule has 4 nitrogen and oxygen atoms in total. The van der Waals surface area contributed by atoms with Gasteiger partial charge in [0, 0.05) is 5.69 Å². The van der Waals surface area contributed by atoms with Crippen molar-refractivity contribution in [2.45, 2.75) is 39.3 Å². The fraction of sp³-hybridized carbons (Fsp3) is 0.400. The molecule has 0 amide bonds. The number of benzene rings is 1. The fourth-order valence-electron chi connectivity index (χ4n) is 1.94. The van der Waals surface area contributed by atoms with Gasteiger partial charge in [-0.2, -0.15) is 0 Å². The third kappa shape index (κ3) is 3.15. The highest BCUT2D eigenvalue weighted by Gasteiger charge is 2.19. The monoisotopic (exact) mass is 259 g/mol. The minimum Gasteiger partial charge on any atom is -0.491 e. The molecular weight excluding hydrogens is 238 g/mol. The van der Waals surface area contributed by atoms with E-state index in [1.165, 1.54) is 0 Å². The molecule has 1 heterocycles. The molecule has 0 aliphatic rings. The summed E-state index contributed by atoms with van der Waals surface area (Å²) in [4.78, 5) is 4.19. The van der Waals surface area contributed by atoms with Crippen molar-refractivity contribution < 1.29 is 4.74 Å². The summed E-state index contributed by atoms with van der Waals surface area (Å²) in [6.45, 7) is 7.96. The molecule has 2 rings (SSSR count). The van der Waals surface area contributed by atoms with Crippen LogP contribution in [0.15, 0.2) is 36.8 Å². The molecule has 19 heavy (non-hydrogen) atoms. The minimum atomic E-state index is -0.427. The van der Waals surface area contributed by atoms with Crippen LogP contribution in [0.2, 0.25) is 0 Å². The predicted octanol–water partition coefficient (Wildman–Crippen LogP) is 2.85. The lowest BCUT2D eigenvalue weighted by molar-refractivity contribution is 0.242. The predicted molar refractivity (Wildman–Crippen MR) is 76.5 cm³/mol. The maximum Gasteiger partial charge on any atom is 0.119 e. The smallest absolute Gasteiger partial charge is 0.119 e. The van der Waals surface area contributed by atoms with Crippen LogP contribution >= 0.6 is 0 Å². The van der Waals surface area contributed by atoms with E-state index in [4.69, 9.17) is 10.5 Å². The Labute approximate surface area is 114 Å². The summed E-state index contributed by atoms with van der Waals surface area (Å²) in [6, 6.07) is 7.94. The lowest BCUT2D eigenvalue weighted by atomic mass is 10.0. The summed E-state index contributed by atoms with van der Waals surface area (Å²) in [5.74, 6) is 0.868. The zero-order valence-corrected chi connectivity index (χ0v) is 11.9. The average molecular weight is 259 g/mol. The van der Waals surface area contributed by atoms with E-state index in [9.17, 15) is 0 Å². The highest BCUT2D eigenvalue weighted by Crippen LogP contribution is 2.22. The Balaban J connectivity index is 2.31. The van der Waals surface area contributed by atoms with Crippen LogP contribution < -0.4 is 10.5 Å². The molecule has 0 radical (unpaired) electrons. The number of ether oxygens (including phenoxy) is 1. The molecule has 2 N–H and O–H groups in total. The van der Waals surface area contributed by atoms with E-state index >= 15 is 0 Å². The van der Waals surface area contributed by atoms with E-state index in [1.807, 2.05) is 56.5 Å². The zero-order chi connectivity index (χ0) is 14.0. The zero-order valence-electron chi connectivity index (χ0n) is 11.9. The van der Waals surface area contributed by atoms with Crippen molar-refractivity contribution in [1.82, 2.24) is 9.55 Å². The summed E-state index contributed by atoms with van der Waals surface area (Å²) in [5, 5.41) is 0. The van der Waals surface area contributed by atoms with Crippen LogP contribution in [-0.2, 0) is 5.54 Å². The van der Waals surface area contributed by atoms with Gasteiger partial charge in [0.05, 0.1) is 29.9 Å². The third-order valence-electron chi connectivity index (χ3n) is 2.79. The molecule has 0 saturated carbocycles. The molecule has 0 unspecified atom stereocenters. The van der Waals surface area contributed by atoms with Crippen molar-refractivity contribution in [1.29, 1.82) is 0 Å². The number of rotatable bonds is 4. The van der Waals surface area contributed by atoms with Gasteiger partial charge in [-0.05, 0) is 52.0 Å². The second-order valence-electron chi connectivity index (χ2n) is 5.53. The first-order valence-electron chi connectivity index (χ1n) is 6.47.